The molecule has 0 spiro atoms. The fraction of sp³-hybridized carbons (Fsp3) is 0.227. The minimum absolute atomic E-state index is 0.00404. The van der Waals surface area contributed by atoms with Crippen LogP contribution in [0.3, 0.4) is 0 Å². The number of anilines is 1. The van der Waals surface area contributed by atoms with Crippen molar-refractivity contribution in [3.8, 4) is 11.3 Å². The summed E-state index contributed by atoms with van der Waals surface area (Å²) in [5.41, 5.74) is -2.97. The molecule has 5 nitrogen and oxygen atoms in total. The Bertz CT molecular complexity index is 1200. The van der Waals surface area contributed by atoms with Gasteiger partial charge in [0, 0.05) is 35.3 Å². The molecule has 0 aliphatic carbocycles. The van der Waals surface area contributed by atoms with Gasteiger partial charge in [-0.2, -0.15) is 31.4 Å². The van der Waals surface area contributed by atoms with E-state index in [0.29, 0.717) is 28.4 Å². The third-order valence-electron chi connectivity index (χ3n) is 4.65. The highest BCUT2D eigenvalue weighted by Crippen LogP contribution is 2.37. The number of aromatic nitrogens is 2. The molecular formula is C22H16ClF6N3O2. The number of halogens is 7. The number of hydrogen-bond donors (Lipinski definition) is 1. The van der Waals surface area contributed by atoms with E-state index in [2.05, 4.69) is 10.4 Å². The zero-order valence-electron chi connectivity index (χ0n) is 17.2. The van der Waals surface area contributed by atoms with Crippen molar-refractivity contribution in [2.75, 3.05) is 5.32 Å². The van der Waals surface area contributed by atoms with Crippen molar-refractivity contribution < 1.29 is 31.1 Å². The number of hydrogen-bond acceptors (Lipinski definition) is 3. The van der Waals surface area contributed by atoms with Crippen LogP contribution in [0.15, 0.2) is 59.4 Å². The summed E-state index contributed by atoms with van der Waals surface area (Å²) in [6.07, 6.45) is -10.3. The van der Waals surface area contributed by atoms with E-state index in [9.17, 15) is 35.9 Å². The topological polar surface area (TPSA) is 64.0 Å². The molecular weight excluding hydrogens is 488 g/mol. The second-order valence-electron chi connectivity index (χ2n) is 7.23. The van der Waals surface area contributed by atoms with E-state index in [1.165, 1.54) is 12.1 Å². The first kappa shape index (κ1) is 25.3. The molecule has 34 heavy (non-hydrogen) atoms. The maximum atomic E-state index is 13.0. The summed E-state index contributed by atoms with van der Waals surface area (Å²) >= 11 is 5.85. The van der Waals surface area contributed by atoms with Crippen LogP contribution in [0.25, 0.3) is 11.3 Å². The third kappa shape index (κ3) is 6.60. The summed E-state index contributed by atoms with van der Waals surface area (Å²) < 4.78 is 78.8. The van der Waals surface area contributed by atoms with Crippen molar-refractivity contribution in [3.05, 3.63) is 81.1 Å². The number of nitrogens with zero attached hydrogens (tertiary/aromatic N) is 2. The molecule has 0 saturated heterocycles. The van der Waals surface area contributed by atoms with Gasteiger partial charge in [0.1, 0.15) is 0 Å². The molecule has 0 bridgehead atoms. The molecule has 2 aromatic carbocycles. The Labute approximate surface area is 194 Å². The number of amides is 1. The van der Waals surface area contributed by atoms with Crippen LogP contribution < -0.4 is 10.9 Å². The number of nitrogens with one attached hydrogen (secondary N) is 1. The molecule has 0 unspecified atom stereocenters. The molecule has 3 aromatic rings. The van der Waals surface area contributed by atoms with Gasteiger partial charge in [-0.25, -0.2) is 4.68 Å². The smallest absolute Gasteiger partial charge is 0.326 e. The van der Waals surface area contributed by atoms with Crippen molar-refractivity contribution in [3.63, 3.8) is 0 Å². The van der Waals surface area contributed by atoms with Crippen LogP contribution >= 0.6 is 11.6 Å². The minimum atomic E-state index is -5.03. The predicted octanol–water partition coefficient (Wildman–Crippen LogP) is 6.02. The molecule has 1 N–H and O–H groups in total. The highest BCUT2D eigenvalue weighted by molar-refractivity contribution is 6.30. The Morgan fingerprint density at radius 1 is 0.912 bits per heavy atom. The van der Waals surface area contributed by atoms with Gasteiger partial charge in [-0.05, 0) is 42.8 Å². The van der Waals surface area contributed by atoms with Gasteiger partial charge in [0.05, 0.1) is 16.8 Å². The Hall–Kier alpha value is -3.34. The molecule has 180 valence electrons. The van der Waals surface area contributed by atoms with E-state index in [-0.39, 0.29) is 25.5 Å². The quantitative estimate of drug-likeness (QED) is 0.418. The largest absolute Gasteiger partial charge is 0.416 e. The molecule has 3 rings (SSSR count). The number of carbonyl (C=O) groups excluding carboxylic acids is 1. The molecule has 0 radical (unpaired) electrons. The number of aryl methyl sites for hydroxylation is 1. The predicted molar refractivity (Wildman–Crippen MR) is 113 cm³/mol. The van der Waals surface area contributed by atoms with Gasteiger partial charge in [0.25, 0.3) is 5.56 Å². The summed E-state index contributed by atoms with van der Waals surface area (Å²) in [4.78, 5) is 24.2. The van der Waals surface area contributed by atoms with Crippen molar-refractivity contribution in [2.45, 2.75) is 31.7 Å². The van der Waals surface area contributed by atoms with Crippen LogP contribution in [0.1, 0.15) is 24.0 Å². The van der Waals surface area contributed by atoms with Crippen LogP contribution in [0.4, 0.5) is 32.0 Å². The van der Waals surface area contributed by atoms with Crippen LogP contribution in [0.5, 0.6) is 0 Å². The van der Waals surface area contributed by atoms with Gasteiger partial charge >= 0.3 is 12.4 Å². The highest BCUT2D eigenvalue weighted by atomic mass is 35.5. The van der Waals surface area contributed by atoms with Gasteiger partial charge in [0.15, 0.2) is 0 Å². The molecule has 1 heterocycles. The lowest BCUT2D eigenvalue weighted by Crippen LogP contribution is -2.23. The van der Waals surface area contributed by atoms with Gasteiger partial charge in [-0.1, -0.05) is 23.7 Å². The Balaban J connectivity index is 1.68. The second kappa shape index (κ2) is 9.88. The normalized spacial score (nSPS) is 12.0. The Morgan fingerprint density at radius 3 is 2.06 bits per heavy atom. The number of alkyl halides is 6. The molecule has 0 atom stereocenters. The lowest BCUT2D eigenvalue weighted by Gasteiger charge is -2.15. The second-order valence-corrected chi connectivity index (χ2v) is 7.67. The molecule has 1 amide bonds. The van der Waals surface area contributed by atoms with Crippen LogP contribution in [0.2, 0.25) is 5.02 Å². The van der Waals surface area contributed by atoms with Crippen molar-refractivity contribution in [1.82, 2.24) is 9.78 Å². The van der Waals surface area contributed by atoms with E-state index < -0.39 is 40.6 Å². The number of rotatable bonds is 6. The molecule has 0 fully saturated rings. The van der Waals surface area contributed by atoms with Crippen LogP contribution in [-0.2, 0) is 23.7 Å². The summed E-state index contributed by atoms with van der Waals surface area (Å²) in [6, 6.07) is 10.3. The van der Waals surface area contributed by atoms with E-state index in [4.69, 9.17) is 11.6 Å². The summed E-state index contributed by atoms with van der Waals surface area (Å²) in [7, 11) is 0. The van der Waals surface area contributed by atoms with E-state index in [1.54, 1.807) is 24.3 Å². The van der Waals surface area contributed by atoms with Gasteiger partial charge in [-0.15, -0.1) is 0 Å². The SMILES string of the molecule is O=C(CCCn1nc(-c2ccc(Cl)cc2)ccc1=O)Nc1cc(C(F)(F)F)cc(C(F)(F)F)c1. The maximum absolute atomic E-state index is 13.0. The van der Waals surface area contributed by atoms with Gasteiger partial charge in [0.2, 0.25) is 5.91 Å². The van der Waals surface area contributed by atoms with Crippen molar-refractivity contribution in [2.24, 2.45) is 0 Å². The lowest BCUT2D eigenvalue weighted by atomic mass is 10.1. The van der Waals surface area contributed by atoms with E-state index in [1.807, 2.05) is 0 Å². The molecule has 0 saturated carbocycles. The van der Waals surface area contributed by atoms with Crippen LogP contribution in [0, 0.1) is 0 Å². The fourth-order valence-electron chi connectivity index (χ4n) is 3.02. The zero-order chi connectivity index (χ0) is 25.1. The standard InChI is InChI=1S/C22H16ClF6N3O2/c23-16-5-3-13(4-6-16)18-7-8-20(34)32(31-18)9-1-2-19(33)30-17-11-14(21(24,25)26)10-15(12-17)22(27,28)29/h3-8,10-12H,1-2,9H2,(H,30,33). The first-order valence-corrected chi connectivity index (χ1v) is 10.1. The molecule has 1 aromatic heterocycles. The summed E-state index contributed by atoms with van der Waals surface area (Å²) in [5, 5.41) is 6.78. The monoisotopic (exact) mass is 503 g/mol. The average molecular weight is 504 g/mol. The third-order valence-corrected chi connectivity index (χ3v) is 4.90. The Morgan fingerprint density at radius 2 is 1.50 bits per heavy atom. The summed E-state index contributed by atoms with van der Waals surface area (Å²) in [5.74, 6) is -0.811. The number of benzene rings is 2. The summed E-state index contributed by atoms with van der Waals surface area (Å²) in [6.45, 7) is 0.00404. The first-order valence-electron chi connectivity index (χ1n) is 9.76. The van der Waals surface area contributed by atoms with E-state index >= 15 is 0 Å². The maximum Gasteiger partial charge on any atom is 0.416 e. The average Bonchev–Trinajstić information content (AvgIpc) is 2.74. The molecule has 12 heteroatoms. The van der Waals surface area contributed by atoms with Crippen molar-refractivity contribution in [1.29, 1.82) is 0 Å². The highest BCUT2D eigenvalue weighted by Gasteiger charge is 2.37. The van der Waals surface area contributed by atoms with Crippen LogP contribution in [-0.4, -0.2) is 15.7 Å². The zero-order valence-corrected chi connectivity index (χ0v) is 17.9. The van der Waals surface area contributed by atoms with Crippen molar-refractivity contribution >= 4 is 23.2 Å². The van der Waals surface area contributed by atoms with E-state index in [0.717, 1.165) is 4.68 Å². The lowest BCUT2D eigenvalue weighted by molar-refractivity contribution is -0.143. The van der Waals surface area contributed by atoms with Gasteiger partial charge in [-0.3, -0.25) is 9.59 Å². The van der Waals surface area contributed by atoms with Gasteiger partial charge < -0.3 is 5.32 Å². The Kier molecular flexibility index (Phi) is 7.35. The molecule has 0 aliphatic rings. The fourth-order valence-corrected chi connectivity index (χ4v) is 3.15. The number of carbonyl (C=O) groups is 1. The minimum Gasteiger partial charge on any atom is -0.326 e. The molecule has 0 aliphatic heterocycles. The first-order chi connectivity index (χ1) is 15.8.